The van der Waals surface area contributed by atoms with Crippen LogP contribution in [0.3, 0.4) is 0 Å². The number of carboxylic acid groups (broad SMARTS) is 1. The van der Waals surface area contributed by atoms with Crippen LogP contribution in [0.2, 0.25) is 0 Å². The van der Waals surface area contributed by atoms with E-state index in [2.05, 4.69) is 0 Å². The lowest BCUT2D eigenvalue weighted by molar-refractivity contribution is -0.384. The van der Waals surface area contributed by atoms with E-state index in [1.807, 2.05) is 0 Å². The van der Waals surface area contributed by atoms with Crippen LogP contribution < -0.4 is 0 Å². The summed E-state index contributed by atoms with van der Waals surface area (Å²) >= 11 is 0. The summed E-state index contributed by atoms with van der Waals surface area (Å²) in [5, 5.41) is 27.9. The van der Waals surface area contributed by atoms with Crippen molar-refractivity contribution in [3.8, 4) is 6.07 Å². The number of nitriles is 1. The highest BCUT2D eigenvalue weighted by atomic mass is 16.6. The Morgan fingerprint density at radius 3 is 2.60 bits per heavy atom. The number of carbonyl (C=O) groups is 1. The van der Waals surface area contributed by atoms with Crippen LogP contribution in [0.25, 0.3) is 0 Å². The lowest BCUT2D eigenvalue weighted by Gasteiger charge is -2.02. The summed E-state index contributed by atoms with van der Waals surface area (Å²) in [7, 11) is 0. The molecule has 0 aromatic heterocycles. The summed E-state index contributed by atoms with van der Waals surface area (Å²) in [5.74, 6) is -1.28. The Hall–Kier alpha value is -2.42. The molecule has 6 heteroatoms. The molecule has 0 saturated carbocycles. The van der Waals surface area contributed by atoms with E-state index in [1.54, 1.807) is 6.07 Å². The Labute approximate surface area is 84.5 Å². The van der Waals surface area contributed by atoms with Gasteiger partial charge in [0.1, 0.15) is 0 Å². The number of nitro benzene ring substituents is 1. The van der Waals surface area contributed by atoms with Crippen LogP contribution in [0.5, 0.6) is 0 Å². The predicted octanol–water partition coefficient (Wildman–Crippen LogP) is 1.47. The van der Waals surface area contributed by atoms with Crippen molar-refractivity contribution in [3.63, 3.8) is 0 Å². The van der Waals surface area contributed by atoms with Crippen molar-refractivity contribution in [2.24, 2.45) is 0 Å². The maximum atomic E-state index is 10.7. The minimum Gasteiger partial charge on any atom is -0.478 e. The molecule has 1 aromatic carbocycles. The minimum atomic E-state index is -1.28. The van der Waals surface area contributed by atoms with E-state index in [1.165, 1.54) is 6.92 Å². The van der Waals surface area contributed by atoms with Crippen LogP contribution in [0.1, 0.15) is 21.5 Å². The Morgan fingerprint density at radius 2 is 2.20 bits per heavy atom. The molecule has 0 heterocycles. The Bertz CT molecular complexity index is 488. The van der Waals surface area contributed by atoms with E-state index in [0.29, 0.717) is 0 Å². The molecule has 1 N–H and O–H groups in total. The second-order valence-corrected chi connectivity index (χ2v) is 2.84. The topological polar surface area (TPSA) is 104 Å². The highest BCUT2D eigenvalue weighted by Crippen LogP contribution is 2.21. The minimum absolute atomic E-state index is 0.00148. The monoisotopic (exact) mass is 206 g/mol. The van der Waals surface area contributed by atoms with Gasteiger partial charge in [0.05, 0.1) is 22.1 Å². The van der Waals surface area contributed by atoms with Crippen LogP contribution in [0, 0.1) is 28.4 Å². The van der Waals surface area contributed by atoms with Crippen LogP contribution in [-0.4, -0.2) is 16.0 Å². The first-order chi connectivity index (χ1) is 6.97. The highest BCUT2D eigenvalue weighted by molar-refractivity contribution is 5.91. The molecule has 15 heavy (non-hydrogen) atoms. The van der Waals surface area contributed by atoms with Crippen molar-refractivity contribution in [2.75, 3.05) is 0 Å². The van der Waals surface area contributed by atoms with Gasteiger partial charge in [-0.25, -0.2) is 4.79 Å². The zero-order chi connectivity index (χ0) is 11.6. The van der Waals surface area contributed by atoms with E-state index in [0.717, 1.165) is 12.1 Å². The molecule has 76 valence electrons. The molecule has 0 aliphatic heterocycles. The molecular weight excluding hydrogens is 200 g/mol. The van der Waals surface area contributed by atoms with Crippen molar-refractivity contribution >= 4 is 11.7 Å². The van der Waals surface area contributed by atoms with Crippen LogP contribution in [0.4, 0.5) is 5.69 Å². The molecule has 0 unspecified atom stereocenters. The highest BCUT2D eigenvalue weighted by Gasteiger charge is 2.17. The van der Waals surface area contributed by atoms with E-state index in [-0.39, 0.29) is 16.7 Å². The standard InChI is InChI=1S/C9H6N2O4/c1-5-6(4-10)2-7(11(14)15)3-8(5)9(12)13/h2-3H,1H3,(H,12,13). The predicted molar refractivity (Wildman–Crippen MR) is 49.5 cm³/mol. The van der Waals surface area contributed by atoms with Gasteiger partial charge in [-0.1, -0.05) is 0 Å². The van der Waals surface area contributed by atoms with Crippen molar-refractivity contribution in [1.82, 2.24) is 0 Å². The van der Waals surface area contributed by atoms with E-state index in [4.69, 9.17) is 10.4 Å². The lowest BCUT2D eigenvalue weighted by Crippen LogP contribution is -2.03. The third kappa shape index (κ3) is 1.91. The first-order valence-electron chi connectivity index (χ1n) is 3.89. The van der Waals surface area contributed by atoms with Crippen molar-refractivity contribution in [3.05, 3.63) is 38.9 Å². The molecule has 0 spiro atoms. The van der Waals surface area contributed by atoms with Gasteiger partial charge >= 0.3 is 5.97 Å². The number of nitrogens with zero attached hydrogens (tertiary/aromatic N) is 2. The number of nitro groups is 1. The number of aromatic carboxylic acids is 1. The van der Waals surface area contributed by atoms with Gasteiger partial charge < -0.3 is 5.11 Å². The van der Waals surface area contributed by atoms with Gasteiger partial charge in [-0.3, -0.25) is 10.1 Å². The zero-order valence-corrected chi connectivity index (χ0v) is 7.72. The molecule has 1 aromatic rings. The maximum absolute atomic E-state index is 10.7. The first kappa shape index (κ1) is 10.7. The van der Waals surface area contributed by atoms with Crippen LogP contribution >= 0.6 is 0 Å². The van der Waals surface area contributed by atoms with Gasteiger partial charge in [-0.15, -0.1) is 0 Å². The Balaban J connectivity index is 3.54. The quantitative estimate of drug-likeness (QED) is 0.582. The number of benzene rings is 1. The average Bonchev–Trinajstić information content (AvgIpc) is 2.17. The van der Waals surface area contributed by atoms with E-state index >= 15 is 0 Å². The van der Waals surface area contributed by atoms with Gasteiger partial charge in [0, 0.05) is 12.1 Å². The number of hydrogen-bond acceptors (Lipinski definition) is 4. The summed E-state index contributed by atoms with van der Waals surface area (Å²) < 4.78 is 0. The van der Waals surface area contributed by atoms with Crippen molar-refractivity contribution < 1.29 is 14.8 Å². The fourth-order valence-corrected chi connectivity index (χ4v) is 1.14. The second kappa shape index (κ2) is 3.75. The first-order valence-corrected chi connectivity index (χ1v) is 3.89. The van der Waals surface area contributed by atoms with Gasteiger partial charge in [-0.05, 0) is 12.5 Å². The number of hydrogen-bond donors (Lipinski definition) is 1. The van der Waals surface area contributed by atoms with E-state index in [9.17, 15) is 14.9 Å². The maximum Gasteiger partial charge on any atom is 0.336 e. The average molecular weight is 206 g/mol. The molecule has 0 fully saturated rings. The third-order valence-electron chi connectivity index (χ3n) is 1.95. The SMILES string of the molecule is Cc1c(C#N)cc([N+](=O)[O-])cc1C(=O)O. The molecular formula is C9H6N2O4. The third-order valence-corrected chi connectivity index (χ3v) is 1.95. The normalized spacial score (nSPS) is 9.33. The number of non-ortho nitro benzene ring substituents is 1. The molecule has 0 radical (unpaired) electrons. The number of rotatable bonds is 2. The van der Waals surface area contributed by atoms with Gasteiger partial charge in [-0.2, -0.15) is 5.26 Å². The molecule has 0 bridgehead atoms. The molecule has 0 aliphatic rings. The molecule has 0 saturated heterocycles. The fraction of sp³-hybridized carbons (Fsp3) is 0.111. The molecule has 6 nitrogen and oxygen atoms in total. The van der Waals surface area contributed by atoms with Crippen molar-refractivity contribution in [2.45, 2.75) is 6.92 Å². The van der Waals surface area contributed by atoms with Crippen LogP contribution in [-0.2, 0) is 0 Å². The summed E-state index contributed by atoms with van der Waals surface area (Å²) in [6.45, 7) is 1.44. The molecule has 0 amide bonds. The van der Waals surface area contributed by atoms with Gasteiger partial charge in [0.25, 0.3) is 5.69 Å². The summed E-state index contributed by atoms with van der Waals surface area (Å²) in [6.07, 6.45) is 0. The fourth-order valence-electron chi connectivity index (χ4n) is 1.14. The molecule has 1 rings (SSSR count). The summed E-state index contributed by atoms with van der Waals surface area (Å²) in [4.78, 5) is 20.5. The second-order valence-electron chi connectivity index (χ2n) is 2.84. The Morgan fingerprint density at radius 1 is 1.60 bits per heavy atom. The van der Waals surface area contributed by atoms with Crippen LogP contribution in [0.15, 0.2) is 12.1 Å². The van der Waals surface area contributed by atoms with E-state index < -0.39 is 16.6 Å². The molecule has 0 aliphatic carbocycles. The lowest BCUT2D eigenvalue weighted by atomic mass is 10.0. The summed E-state index contributed by atoms with van der Waals surface area (Å²) in [5.41, 5.74) is -0.382. The summed E-state index contributed by atoms with van der Waals surface area (Å²) in [6, 6.07) is 3.72. The zero-order valence-electron chi connectivity index (χ0n) is 7.72. The van der Waals surface area contributed by atoms with Gasteiger partial charge in [0.2, 0.25) is 0 Å². The Kier molecular flexibility index (Phi) is 2.67. The number of carboxylic acids is 1. The molecule has 0 atom stereocenters. The van der Waals surface area contributed by atoms with Crippen molar-refractivity contribution in [1.29, 1.82) is 5.26 Å². The smallest absolute Gasteiger partial charge is 0.336 e. The largest absolute Gasteiger partial charge is 0.478 e. The van der Waals surface area contributed by atoms with Gasteiger partial charge in [0.15, 0.2) is 0 Å².